The van der Waals surface area contributed by atoms with Crippen molar-refractivity contribution in [3.05, 3.63) is 28.2 Å². The zero-order valence-electron chi connectivity index (χ0n) is 10.4. The van der Waals surface area contributed by atoms with Crippen LogP contribution in [0, 0.1) is 0 Å². The van der Waals surface area contributed by atoms with E-state index in [2.05, 4.69) is 13.8 Å². The monoisotopic (exact) mass is 276 g/mol. The van der Waals surface area contributed by atoms with Crippen LogP contribution in [-0.4, -0.2) is 26.2 Å². The van der Waals surface area contributed by atoms with Crippen LogP contribution in [0.2, 0.25) is 10.0 Å². The van der Waals surface area contributed by atoms with Gasteiger partial charge in [0, 0.05) is 12.5 Å². The van der Waals surface area contributed by atoms with Crippen LogP contribution in [0.5, 0.6) is 5.75 Å². The van der Waals surface area contributed by atoms with Crippen LogP contribution >= 0.6 is 23.2 Å². The van der Waals surface area contributed by atoms with Gasteiger partial charge in [-0.05, 0) is 26.0 Å². The zero-order chi connectivity index (χ0) is 12.7. The lowest BCUT2D eigenvalue weighted by Crippen LogP contribution is -3.11. The topological polar surface area (TPSA) is 13.7 Å². The Balaban J connectivity index is 2.28. The molecule has 0 aliphatic carbocycles. The van der Waals surface area contributed by atoms with Gasteiger partial charge in [0.2, 0.25) is 0 Å². The molecule has 0 aromatic heterocycles. The highest BCUT2D eigenvalue weighted by atomic mass is 35.5. The molecule has 0 aliphatic rings. The Morgan fingerprint density at radius 3 is 2.41 bits per heavy atom. The summed E-state index contributed by atoms with van der Waals surface area (Å²) in [5.74, 6) is 0.786. The van der Waals surface area contributed by atoms with E-state index in [1.807, 2.05) is 6.07 Å². The number of halogens is 2. The normalized spacial score (nSPS) is 10.9. The van der Waals surface area contributed by atoms with Crippen molar-refractivity contribution in [3.63, 3.8) is 0 Å². The van der Waals surface area contributed by atoms with Crippen LogP contribution in [0.4, 0.5) is 0 Å². The molecule has 0 radical (unpaired) electrons. The average Bonchev–Trinajstić information content (AvgIpc) is 2.34. The molecule has 2 nitrogen and oxygen atoms in total. The summed E-state index contributed by atoms with van der Waals surface area (Å²) in [6.07, 6.45) is 1.05. The van der Waals surface area contributed by atoms with E-state index in [9.17, 15) is 0 Å². The fourth-order valence-electron chi connectivity index (χ4n) is 1.68. The molecule has 0 fully saturated rings. The van der Waals surface area contributed by atoms with Gasteiger partial charge in [-0.2, -0.15) is 0 Å². The molecule has 96 valence electrons. The zero-order valence-corrected chi connectivity index (χ0v) is 11.9. The van der Waals surface area contributed by atoms with E-state index in [1.54, 1.807) is 17.0 Å². The maximum atomic E-state index is 5.91. The molecule has 1 rings (SSSR count). The number of nitrogens with one attached hydrogen (secondary N) is 1. The Morgan fingerprint density at radius 2 is 1.82 bits per heavy atom. The lowest BCUT2D eigenvalue weighted by atomic mass is 10.3. The minimum atomic E-state index is 0.540. The van der Waals surface area contributed by atoms with Crippen LogP contribution in [-0.2, 0) is 0 Å². The van der Waals surface area contributed by atoms with Crippen molar-refractivity contribution in [1.29, 1.82) is 0 Å². The highest BCUT2D eigenvalue weighted by Gasteiger charge is 2.03. The van der Waals surface area contributed by atoms with Crippen molar-refractivity contribution in [3.8, 4) is 5.75 Å². The minimum Gasteiger partial charge on any atom is -0.493 e. The van der Waals surface area contributed by atoms with Gasteiger partial charge in [-0.15, -0.1) is 0 Å². The van der Waals surface area contributed by atoms with Gasteiger partial charge >= 0.3 is 0 Å². The molecule has 0 aliphatic heterocycles. The first-order valence-electron chi connectivity index (χ1n) is 6.08. The lowest BCUT2D eigenvalue weighted by molar-refractivity contribution is -0.896. The van der Waals surface area contributed by atoms with Gasteiger partial charge in [-0.1, -0.05) is 23.2 Å². The summed E-state index contributed by atoms with van der Waals surface area (Å²) in [6.45, 7) is 8.62. The first kappa shape index (κ1) is 14.6. The Morgan fingerprint density at radius 1 is 1.12 bits per heavy atom. The van der Waals surface area contributed by atoms with Gasteiger partial charge in [0.15, 0.2) is 0 Å². The quantitative estimate of drug-likeness (QED) is 0.756. The molecule has 0 spiro atoms. The van der Waals surface area contributed by atoms with E-state index in [4.69, 9.17) is 27.9 Å². The molecular formula is C13H20Cl2NO+. The van der Waals surface area contributed by atoms with Gasteiger partial charge < -0.3 is 9.64 Å². The summed E-state index contributed by atoms with van der Waals surface area (Å²) in [6, 6.07) is 5.36. The van der Waals surface area contributed by atoms with Gasteiger partial charge in [0.05, 0.1) is 36.3 Å². The summed E-state index contributed by atoms with van der Waals surface area (Å²) in [5.41, 5.74) is 0. The summed E-state index contributed by atoms with van der Waals surface area (Å²) < 4.78 is 5.62. The molecule has 0 heterocycles. The average molecular weight is 277 g/mol. The van der Waals surface area contributed by atoms with Gasteiger partial charge in [0.25, 0.3) is 0 Å². The number of benzene rings is 1. The van der Waals surface area contributed by atoms with E-state index in [1.165, 1.54) is 13.1 Å². The Bertz CT molecular complexity index is 340. The summed E-state index contributed by atoms with van der Waals surface area (Å²) in [5, 5.41) is 1.10. The minimum absolute atomic E-state index is 0.540. The molecule has 1 aromatic carbocycles. The van der Waals surface area contributed by atoms with Crippen molar-refractivity contribution in [2.24, 2.45) is 0 Å². The third-order valence-electron chi connectivity index (χ3n) is 2.83. The lowest BCUT2D eigenvalue weighted by Gasteiger charge is -2.15. The molecule has 0 saturated heterocycles. The number of hydrogen-bond donors (Lipinski definition) is 1. The van der Waals surface area contributed by atoms with Crippen molar-refractivity contribution in [2.45, 2.75) is 20.3 Å². The summed E-state index contributed by atoms with van der Waals surface area (Å²) >= 11 is 11.7. The fourth-order valence-corrected chi connectivity index (χ4v) is 1.97. The maximum absolute atomic E-state index is 5.91. The van der Waals surface area contributed by atoms with Crippen molar-refractivity contribution < 1.29 is 9.64 Å². The van der Waals surface area contributed by atoms with E-state index in [0.717, 1.165) is 25.3 Å². The summed E-state index contributed by atoms with van der Waals surface area (Å²) in [4.78, 5) is 1.60. The number of hydrogen-bond acceptors (Lipinski definition) is 1. The highest BCUT2D eigenvalue weighted by Crippen LogP contribution is 2.26. The Labute approximate surface area is 113 Å². The van der Waals surface area contributed by atoms with Crippen LogP contribution in [0.15, 0.2) is 18.2 Å². The molecular weight excluding hydrogens is 257 g/mol. The number of ether oxygens (including phenoxy) is 1. The predicted octanol–water partition coefficient (Wildman–Crippen LogP) is 2.69. The Hall–Kier alpha value is -0.440. The second-order valence-electron chi connectivity index (χ2n) is 3.99. The summed E-state index contributed by atoms with van der Waals surface area (Å²) in [7, 11) is 0. The SMILES string of the molecule is CC[NH+](CC)CCCOc1ccc(Cl)c(Cl)c1. The molecule has 1 N–H and O–H groups in total. The maximum Gasteiger partial charge on any atom is 0.120 e. The van der Waals surface area contributed by atoms with E-state index < -0.39 is 0 Å². The van der Waals surface area contributed by atoms with Gasteiger partial charge in [-0.3, -0.25) is 0 Å². The number of rotatable bonds is 7. The van der Waals surface area contributed by atoms with Gasteiger partial charge in [0.1, 0.15) is 5.75 Å². The van der Waals surface area contributed by atoms with Crippen LogP contribution in [0.25, 0.3) is 0 Å². The van der Waals surface area contributed by atoms with Crippen molar-refractivity contribution >= 4 is 23.2 Å². The highest BCUT2D eigenvalue weighted by molar-refractivity contribution is 6.42. The molecule has 4 heteroatoms. The molecule has 0 amide bonds. The van der Waals surface area contributed by atoms with E-state index in [0.29, 0.717) is 10.0 Å². The van der Waals surface area contributed by atoms with Crippen LogP contribution in [0.3, 0.4) is 0 Å². The van der Waals surface area contributed by atoms with E-state index in [-0.39, 0.29) is 0 Å². The van der Waals surface area contributed by atoms with Crippen molar-refractivity contribution in [1.82, 2.24) is 0 Å². The first-order valence-corrected chi connectivity index (χ1v) is 6.84. The van der Waals surface area contributed by atoms with Crippen LogP contribution in [0.1, 0.15) is 20.3 Å². The first-order chi connectivity index (χ1) is 8.17. The smallest absolute Gasteiger partial charge is 0.120 e. The standard InChI is InChI=1S/C13H19Cl2NO/c1-3-16(4-2)8-5-9-17-11-6-7-12(14)13(15)10-11/h6-7,10H,3-5,8-9H2,1-2H3/p+1. The second-order valence-corrected chi connectivity index (χ2v) is 4.80. The predicted molar refractivity (Wildman–Crippen MR) is 73.5 cm³/mol. The largest absolute Gasteiger partial charge is 0.493 e. The van der Waals surface area contributed by atoms with Crippen LogP contribution < -0.4 is 9.64 Å². The van der Waals surface area contributed by atoms with Crippen molar-refractivity contribution in [2.75, 3.05) is 26.2 Å². The number of quaternary nitrogens is 1. The Kier molecular flexibility index (Phi) is 6.71. The molecule has 17 heavy (non-hydrogen) atoms. The fraction of sp³-hybridized carbons (Fsp3) is 0.538. The third-order valence-corrected chi connectivity index (χ3v) is 3.57. The van der Waals surface area contributed by atoms with Gasteiger partial charge in [-0.25, -0.2) is 0 Å². The molecule has 0 unspecified atom stereocenters. The molecule has 0 bridgehead atoms. The molecule has 1 aromatic rings. The molecule has 0 atom stereocenters. The third kappa shape index (κ3) is 5.15. The second kappa shape index (κ2) is 7.80. The molecule has 0 saturated carbocycles. The van der Waals surface area contributed by atoms with E-state index >= 15 is 0 Å².